The smallest absolute Gasteiger partial charge is 0.149 e. The third-order valence-electron chi connectivity index (χ3n) is 4.18. The van der Waals surface area contributed by atoms with Crippen molar-refractivity contribution in [1.82, 2.24) is 29.9 Å². The van der Waals surface area contributed by atoms with Crippen molar-refractivity contribution in [3.63, 3.8) is 0 Å². The second-order valence-corrected chi connectivity index (χ2v) is 6.03. The van der Waals surface area contributed by atoms with Gasteiger partial charge in [-0.25, -0.2) is 14.1 Å². The molecule has 0 aliphatic heterocycles. The van der Waals surface area contributed by atoms with Gasteiger partial charge in [-0.2, -0.15) is 10.2 Å². The fourth-order valence-corrected chi connectivity index (χ4v) is 2.51. The first-order valence-corrected chi connectivity index (χ1v) is 7.92. The number of nitrogens with zero attached hydrogens (tertiary/aromatic N) is 5. The number of rotatable bonds is 6. The number of hydrogen-bond donors (Lipinski definition) is 1. The quantitative estimate of drug-likeness (QED) is 0.756. The van der Waals surface area contributed by atoms with Crippen LogP contribution >= 0.6 is 0 Å². The van der Waals surface area contributed by atoms with Crippen LogP contribution in [-0.4, -0.2) is 30.6 Å². The summed E-state index contributed by atoms with van der Waals surface area (Å²) >= 11 is 0. The minimum absolute atomic E-state index is 0.197. The van der Waals surface area contributed by atoms with E-state index in [-0.39, 0.29) is 17.9 Å². The third-order valence-corrected chi connectivity index (χ3v) is 4.18. The fraction of sp³-hybridized carbons (Fsp3) is 0.353. The minimum Gasteiger partial charge on any atom is -0.308 e. The molecule has 0 bridgehead atoms. The molecule has 1 N–H and O–H groups in total. The highest BCUT2D eigenvalue weighted by molar-refractivity contribution is 5.35. The summed E-state index contributed by atoms with van der Waals surface area (Å²) in [6, 6.07) is 5.54. The molecule has 0 amide bonds. The molecule has 2 atom stereocenters. The van der Waals surface area contributed by atoms with Gasteiger partial charge in [-0.3, -0.25) is 4.68 Å². The van der Waals surface area contributed by atoms with Gasteiger partial charge in [0, 0.05) is 18.8 Å². The van der Waals surface area contributed by atoms with Crippen LogP contribution in [-0.2, 0) is 6.54 Å². The topological polar surface area (TPSA) is 60.6 Å². The molecule has 6 nitrogen and oxygen atoms in total. The van der Waals surface area contributed by atoms with Crippen LogP contribution in [0, 0.1) is 12.7 Å². The van der Waals surface area contributed by atoms with Crippen LogP contribution in [0.15, 0.2) is 43.2 Å². The zero-order valence-corrected chi connectivity index (χ0v) is 14.0. The molecule has 0 aliphatic rings. The van der Waals surface area contributed by atoms with Crippen molar-refractivity contribution in [2.75, 3.05) is 0 Å². The van der Waals surface area contributed by atoms with Crippen molar-refractivity contribution < 1.29 is 4.39 Å². The molecule has 3 aromatic rings. The number of benzene rings is 1. The maximum Gasteiger partial charge on any atom is 0.149 e. The Labute approximate surface area is 140 Å². The van der Waals surface area contributed by atoms with E-state index in [0.29, 0.717) is 12.2 Å². The molecule has 2 aromatic heterocycles. The number of nitrogens with one attached hydrogen (secondary N) is 1. The average molecular weight is 328 g/mol. The molecule has 0 fully saturated rings. The van der Waals surface area contributed by atoms with Crippen LogP contribution in [0.4, 0.5) is 4.39 Å². The van der Waals surface area contributed by atoms with Crippen LogP contribution in [0.2, 0.25) is 0 Å². The first kappa shape index (κ1) is 16.3. The molecule has 0 saturated carbocycles. The van der Waals surface area contributed by atoms with Crippen LogP contribution in [0.25, 0.3) is 5.69 Å². The van der Waals surface area contributed by atoms with Gasteiger partial charge in [0.2, 0.25) is 0 Å². The Morgan fingerprint density at radius 3 is 2.71 bits per heavy atom. The van der Waals surface area contributed by atoms with Gasteiger partial charge >= 0.3 is 0 Å². The van der Waals surface area contributed by atoms with Crippen molar-refractivity contribution in [3.05, 3.63) is 60.2 Å². The van der Waals surface area contributed by atoms with Gasteiger partial charge in [0.25, 0.3) is 0 Å². The Morgan fingerprint density at radius 2 is 2.08 bits per heavy atom. The predicted molar refractivity (Wildman–Crippen MR) is 89.3 cm³/mol. The second-order valence-electron chi connectivity index (χ2n) is 6.03. The van der Waals surface area contributed by atoms with Crippen molar-refractivity contribution in [3.8, 4) is 5.69 Å². The number of aryl methyl sites for hydroxylation is 1. The molecule has 126 valence electrons. The van der Waals surface area contributed by atoms with Gasteiger partial charge in [-0.15, -0.1) is 0 Å². The molecule has 0 saturated heterocycles. The molecule has 0 unspecified atom stereocenters. The molecular weight excluding hydrogens is 307 g/mol. The van der Waals surface area contributed by atoms with E-state index in [9.17, 15) is 4.39 Å². The maximum absolute atomic E-state index is 14.2. The van der Waals surface area contributed by atoms with Crippen LogP contribution in [0.5, 0.6) is 0 Å². The Bertz CT molecular complexity index is 795. The Kier molecular flexibility index (Phi) is 4.71. The SMILES string of the molecule is Cc1cnn([C@@H](C)[C@@H](C)NCc2ccc(-n3cncn3)c(F)c2)c1. The number of halogens is 1. The van der Waals surface area contributed by atoms with Crippen LogP contribution in [0.1, 0.15) is 31.0 Å². The minimum atomic E-state index is -0.316. The van der Waals surface area contributed by atoms with Gasteiger partial charge in [0.1, 0.15) is 24.2 Å². The van der Waals surface area contributed by atoms with Gasteiger partial charge in [-0.05, 0) is 44.0 Å². The van der Waals surface area contributed by atoms with E-state index in [0.717, 1.165) is 11.1 Å². The van der Waals surface area contributed by atoms with Crippen molar-refractivity contribution in [2.24, 2.45) is 0 Å². The summed E-state index contributed by atoms with van der Waals surface area (Å²) in [5.74, 6) is -0.316. The molecule has 0 aliphatic carbocycles. The molecular formula is C17H21FN6. The zero-order valence-electron chi connectivity index (χ0n) is 14.0. The molecule has 1 aromatic carbocycles. The molecule has 0 radical (unpaired) electrons. The van der Waals surface area contributed by atoms with E-state index >= 15 is 0 Å². The van der Waals surface area contributed by atoms with E-state index in [1.165, 1.54) is 23.4 Å². The van der Waals surface area contributed by atoms with Crippen molar-refractivity contribution in [2.45, 2.75) is 39.4 Å². The van der Waals surface area contributed by atoms with E-state index in [1.54, 1.807) is 6.07 Å². The Hall–Kier alpha value is -2.54. The van der Waals surface area contributed by atoms with E-state index in [1.807, 2.05) is 30.1 Å². The summed E-state index contributed by atoms with van der Waals surface area (Å²) in [5.41, 5.74) is 2.41. The van der Waals surface area contributed by atoms with Gasteiger partial charge < -0.3 is 5.32 Å². The Balaban J connectivity index is 1.63. The van der Waals surface area contributed by atoms with E-state index < -0.39 is 0 Å². The fourth-order valence-electron chi connectivity index (χ4n) is 2.51. The maximum atomic E-state index is 14.2. The molecule has 7 heteroatoms. The monoisotopic (exact) mass is 328 g/mol. The normalized spacial score (nSPS) is 13.8. The van der Waals surface area contributed by atoms with E-state index in [4.69, 9.17) is 0 Å². The molecule has 2 heterocycles. The van der Waals surface area contributed by atoms with Crippen LogP contribution < -0.4 is 5.32 Å². The number of hydrogen-bond acceptors (Lipinski definition) is 4. The highest BCUT2D eigenvalue weighted by atomic mass is 19.1. The summed E-state index contributed by atoms with van der Waals surface area (Å²) in [4.78, 5) is 3.84. The first-order valence-electron chi connectivity index (χ1n) is 7.92. The second kappa shape index (κ2) is 6.92. The average Bonchev–Trinajstić information content (AvgIpc) is 3.23. The zero-order chi connectivity index (χ0) is 17.1. The summed E-state index contributed by atoms with van der Waals surface area (Å²) < 4.78 is 17.6. The largest absolute Gasteiger partial charge is 0.308 e. The van der Waals surface area contributed by atoms with Crippen LogP contribution in [0.3, 0.4) is 0 Å². The number of aromatic nitrogens is 5. The van der Waals surface area contributed by atoms with Gasteiger partial charge in [-0.1, -0.05) is 6.07 Å². The highest BCUT2D eigenvalue weighted by Crippen LogP contribution is 2.15. The van der Waals surface area contributed by atoms with Crippen molar-refractivity contribution in [1.29, 1.82) is 0 Å². The summed E-state index contributed by atoms with van der Waals surface area (Å²) in [5, 5.41) is 11.7. The molecule has 3 rings (SSSR count). The lowest BCUT2D eigenvalue weighted by Crippen LogP contribution is -2.33. The third kappa shape index (κ3) is 3.51. The van der Waals surface area contributed by atoms with E-state index in [2.05, 4.69) is 34.3 Å². The lowest BCUT2D eigenvalue weighted by molar-refractivity contribution is 0.364. The Morgan fingerprint density at radius 1 is 1.25 bits per heavy atom. The predicted octanol–water partition coefficient (Wildman–Crippen LogP) is 2.65. The lowest BCUT2D eigenvalue weighted by Gasteiger charge is -2.22. The standard InChI is InChI=1S/C17H21FN6/c1-12-7-21-23(9-12)14(3)13(2)20-8-15-4-5-17(16(18)6-15)24-11-19-10-22-24/h4-7,9-11,13-14,20H,8H2,1-3H3/t13-,14+/m1/s1. The van der Waals surface area contributed by atoms with Gasteiger partial charge in [0.05, 0.1) is 12.2 Å². The van der Waals surface area contributed by atoms with Gasteiger partial charge in [0.15, 0.2) is 0 Å². The summed E-state index contributed by atoms with van der Waals surface area (Å²) in [6.45, 7) is 6.81. The summed E-state index contributed by atoms with van der Waals surface area (Å²) in [6.07, 6.45) is 6.73. The molecule has 24 heavy (non-hydrogen) atoms. The summed E-state index contributed by atoms with van der Waals surface area (Å²) in [7, 11) is 0. The first-order chi connectivity index (χ1) is 11.5. The highest BCUT2D eigenvalue weighted by Gasteiger charge is 2.14. The molecule has 0 spiro atoms. The lowest BCUT2D eigenvalue weighted by atomic mass is 10.1. The van der Waals surface area contributed by atoms with Crippen molar-refractivity contribution >= 4 is 0 Å².